The number of nitrogens with zero attached hydrogens (tertiary/aromatic N) is 3. The number of aromatic nitrogens is 2. The quantitative estimate of drug-likeness (QED) is 0.0805. The maximum absolute atomic E-state index is 12.2. The van der Waals surface area contributed by atoms with Gasteiger partial charge >= 0.3 is 23.9 Å². The largest absolute Gasteiger partial charge is 0.463 e. The molecular formula is C41H45N3O10. The topological polar surface area (TPSA) is 165 Å². The number of aryl methyl sites for hydroxylation is 1. The average Bonchev–Trinajstić information content (AvgIpc) is 3.56. The summed E-state index contributed by atoms with van der Waals surface area (Å²) in [5.74, 6) is -2.71. The molecule has 2 aromatic carbocycles. The number of esters is 4. The molecule has 13 heteroatoms. The minimum atomic E-state index is -1.30. The SMILES string of the molecule is CCc1ccc2c(-c3cccc(C#N)c3)c(CCCCCO[C@@H]3O[C@H](COC(C)=O)[C@H](OC(C)=O)[C@H](OC(C)=O)[C@H]3OC(C)=O)c(-c3ccccc3)nn12. The van der Waals surface area contributed by atoms with Crippen molar-refractivity contribution in [1.82, 2.24) is 9.61 Å². The zero-order valence-electron chi connectivity index (χ0n) is 31.1. The molecule has 13 nitrogen and oxygen atoms in total. The summed E-state index contributed by atoms with van der Waals surface area (Å²) < 4.78 is 35.8. The highest BCUT2D eigenvalue weighted by atomic mass is 16.7. The number of carbonyl (C=O) groups is 4. The highest BCUT2D eigenvalue weighted by Gasteiger charge is 2.52. The van der Waals surface area contributed by atoms with Crippen LogP contribution in [-0.4, -0.2) is 77.4 Å². The van der Waals surface area contributed by atoms with E-state index in [1.165, 1.54) is 27.7 Å². The second kappa shape index (κ2) is 18.4. The summed E-state index contributed by atoms with van der Waals surface area (Å²) in [7, 11) is 0. The first-order chi connectivity index (χ1) is 26.0. The molecular weight excluding hydrogens is 694 g/mol. The summed E-state index contributed by atoms with van der Waals surface area (Å²) in [4.78, 5) is 48.1. The molecule has 0 aliphatic carbocycles. The Morgan fingerprint density at radius 3 is 2.15 bits per heavy atom. The molecule has 1 saturated heterocycles. The Bertz CT molecular complexity index is 2000. The number of hydrogen-bond acceptors (Lipinski definition) is 12. The highest BCUT2D eigenvalue weighted by Crippen LogP contribution is 2.37. The van der Waals surface area contributed by atoms with Crippen LogP contribution in [0.2, 0.25) is 0 Å². The third-order valence-corrected chi connectivity index (χ3v) is 8.97. The van der Waals surface area contributed by atoms with Crippen molar-refractivity contribution in [3.8, 4) is 28.5 Å². The number of unbranched alkanes of at least 4 members (excludes halogenated alkanes) is 2. The first-order valence-electron chi connectivity index (χ1n) is 18.0. The fraction of sp³-hybridized carbons (Fsp3) is 0.415. The molecule has 0 spiro atoms. The molecule has 1 fully saturated rings. The van der Waals surface area contributed by atoms with E-state index in [2.05, 4.69) is 25.1 Å². The molecule has 4 aromatic rings. The molecule has 5 atom stereocenters. The van der Waals surface area contributed by atoms with Gasteiger partial charge in [0.1, 0.15) is 12.7 Å². The van der Waals surface area contributed by atoms with Crippen molar-refractivity contribution in [3.05, 3.63) is 83.6 Å². The molecule has 1 aliphatic rings. The zero-order valence-corrected chi connectivity index (χ0v) is 31.1. The predicted molar refractivity (Wildman–Crippen MR) is 196 cm³/mol. The van der Waals surface area contributed by atoms with Crippen molar-refractivity contribution in [2.75, 3.05) is 13.2 Å². The Hall–Kier alpha value is -5.58. The monoisotopic (exact) mass is 739 g/mol. The number of ether oxygens (including phenoxy) is 6. The Morgan fingerprint density at radius 2 is 1.48 bits per heavy atom. The number of rotatable bonds is 15. The third-order valence-electron chi connectivity index (χ3n) is 8.97. The van der Waals surface area contributed by atoms with E-state index in [9.17, 15) is 24.4 Å². The van der Waals surface area contributed by atoms with Crippen molar-refractivity contribution in [2.24, 2.45) is 0 Å². The lowest BCUT2D eigenvalue weighted by molar-refractivity contribution is -0.308. The highest BCUT2D eigenvalue weighted by molar-refractivity contribution is 5.88. The zero-order chi connectivity index (χ0) is 38.8. The molecule has 5 rings (SSSR count). The fourth-order valence-corrected chi connectivity index (χ4v) is 6.72. The van der Waals surface area contributed by atoms with Crippen molar-refractivity contribution in [1.29, 1.82) is 5.26 Å². The van der Waals surface area contributed by atoms with Crippen LogP contribution in [0.1, 0.15) is 70.7 Å². The van der Waals surface area contributed by atoms with Gasteiger partial charge in [-0.25, -0.2) is 4.52 Å². The van der Waals surface area contributed by atoms with Gasteiger partial charge < -0.3 is 28.4 Å². The predicted octanol–water partition coefficient (Wildman–Crippen LogP) is 5.91. The number of nitriles is 1. The molecule has 0 amide bonds. The first-order valence-corrected chi connectivity index (χ1v) is 18.0. The molecule has 3 heterocycles. The van der Waals surface area contributed by atoms with Crippen LogP contribution >= 0.6 is 0 Å². The fourth-order valence-electron chi connectivity index (χ4n) is 6.72. The van der Waals surface area contributed by atoms with Crippen LogP contribution < -0.4 is 0 Å². The Morgan fingerprint density at radius 1 is 0.796 bits per heavy atom. The number of hydrogen-bond donors (Lipinski definition) is 0. The molecule has 284 valence electrons. The second-order valence-electron chi connectivity index (χ2n) is 13.0. The molecule has 0 radical (unpaired) electrons. The van der Waals surface area contributed by atoms with Crippen molar-refractivity contribution in [2.45, 2.75) is 97.4 Å². The van der Waals surface area contributed by atoms with Crippen LogP contribution in [0.4, 0.5) is 0 Å². The molecule has 54 heavy (non-hydrogen) atoms. The molecule has 0 N–H and O–H groups in total. The van der Waals surface area contributed by atoms with Gasteiger partial charge in [0, 0.05) is 51.1 Å². The average molecular weight is 740 g/mol. The Kier molecular flexibility index (Phi) is 13.5. The van der Waals surface area contributed by atoms with Crippen molar-refractivity contribution < 1.29 is 47.6 Å². The van der Waals surface area contributed by atoms with E-state index in [1.54, 1.807) is 6.07 Å². The molecule has 0 saturated carbocycles. The van der Waals surface area contributed by atoms with Crippen LogP contribution in [-0.2, 0) is 60.4 Å². The van der Waals surface area contributed by atoms with Gasteiger partial charge in [0.05, 0.1) is 22.8 Å². The van der Waals surface area contributed by atoms with E-state index in [-0.39, 0.29) is 13.2 Å². The van der Waals surface area contributed by atoms with Gasteiger partial charge in [-0.1, -0.05) is 55.8 Å². The van der Waals surface area contributed by atoms with Crippen LogP contribution in [0.3, 0.4) is 0 Å². The second-order valence-corrected chi connectivity index (χ2v) is 13.0. The Balaban J connectivity index is 1.38. The molecule has 0 bridgehead atoms. The van der Waals surface area contributed by atoms with E-state index < -0.39 is 54.6 Å². The van der Waals surface area contributed by atoms with Gasteiger partial charge in [0.15, 0.2) is 24.6 Å². The van der Waals surface area contributed by atoms with E-state index in [1.807, 2.05) is 53.0 Å². The summed E-state index contributed by atoms with van der Waals surface area (Å²) in [6.07, 6.45) is -2.62. The van der Waals surface area contributed by atoms with Gasteiger partial charge in [-0.3, -0.25) is 19.2 Å². The smallest absolute Gasteiger partial charge is 0.303 e. The van der Waals surface area contributed by atoms with Gasteiger partial charge in [0.25, 0.3) is 0 Å². The maximum atomic E-state index is 12.2. The molecule has 1 aliphatic heterocycles. The van der Waals surface area contributed by atoms with Crippen LogP contribution in [0.15, 0.2) is 66.7 Å². The third kappa shape index (κ3) is 9.69. The lowest BCUT2D eigenvalue weighted by atomic mass is 9.91. The van der Waals surface area contributed by atoms with Crippen LogP contribution in [0, 0.1) is 11.3 Å². The van der Waals surface area contributed by atoms with E-state index in [0.717, 1.165) is 58.4 Å². The van der Waals surface area contributed by atoms with Gasteiger partial charge in [-0.2, -0.15) is 10.4 Å². The van der Waals surface area contributed by atoms with Crippen LogP contribution in [0.25, 0.3) is 27.9 Å². The maximum Gasteiger partial charge on any atom is 0.303 e. The van der Waals surface area contributed by atoms with Gasteiger partial charge in [0.2, 0.25) is 0 Å². The lowest BCUT2D eigenvalue weighted by Gasteiger charge is -2.44. The van der Waals surface area contributed by atoms with E-state index in [0.29, 0.717) is 18.4 Å². The van der Waals surface area contributed by atoms with Crippen molar-refractivity contribution >= 4 is 29.4 Å². The standard InChI is InChI=1S/C41H45N3O10/c1-6-32-19-20-34-36(31-17-13-14-29(22-31)23-42)33(37(43-44(32)34)30-15-9-7-10-16-30)18-11-8-12-21-49-41-40(53-28(5)48)39(52-27(4)47)38(51-26(3)46)35(54-41)24-50-25(2)45/h7,9-10,13-17,19-20,22,35,38-41H,6,8,11-12,18,21,24H2,1-5H3/t35-,38+,39+,40-,41-/m1/s1. The minimum Gasteiger partial charge on any atom is -0.463 e. The summed E-state index contributed by atoms with van der Waals surface area (Å²) in [6, 6.07) is 24.1. The molecule has 0 unspecified atom stereocenters. The minimum absolute atomic E-state index is 0.173. The van der Waals surface area contributed by atoms with Gasteiger partial charge in [-0.05, 0) is 61.1 Å². The summed E-state index contributed by atoms with van der Waals surface area (Å²) in [6.45, 7) is 6.68. The number of fused-ring (bicyclic) bond motifs is 1. The summed E-state index contributed by atoms with van der Waals surface area (Å²) in [5, 5.41) is 14.9. The van der Waals surface area contributed by atoms with Crippen LogP contribution in [0.5, 0.6) is 0 Å². The lowest BCUT2D eigenvalue weighted by Crippen LogP contribution is -2.63. The van der Waals surface area contributed by atoms with Gasteiger partial charge in [-0.15, -0.1) is 0 Å². The normalized spacial score (nSPS) is 19.4. The molecule has 2 aromatic heterocycles. The Labute approximate surface area is 314 Å². The first kappa shape index (κ1) is 39.6. The summed E-state index contributed by atoms with van der Waals surface area (Å²) in [5.41, 5.74) is 7.46. The number of carbonyl (C=O) groups excluding carboxylic acids is 4. The van der Waals surface area contributed by atoms with E-state index in [4.69, 9.17) is 33.5 Å². The van der Waals surface area contributed by atoms with E-state index >= 15 is 0 Å². The number of benzene rings is 2. The summed E-state index contributed by atoms with van der Waals surface area (Å²) >= 11 is 0. The van der Waals surface area contributed by atoms with Crippen molar-refractivity contribution in [3.63, 3.8) is 0 Å².